The van der Waals surface area contributed by atoms with Crippen LogP contribution in [-0.2, 0) is 11.2 Å². The first-order valence-electron chi connectivity index (χ1n) is 6.61. The van der Waals surface area contributed by atoms with Crippen molar-refractivity contribution in [2.75, 3.05) is 13.1 Å². The van der Waals surface area contributed by atoms with Crippen LogP contribution in [0, 0.1) is 6.92 Å². The molecule has 1 rings (SSSR count). The Balaban J connectivity index is 2.17. The zero-order valence-corrected chi connectivity index (χ0v) is 11.6. The first-order valence-corrected chi connectivity index (χ1v) is 6.61. The van der Waals surface area contributed by atoms with Crippen LogP contribution in [0.5, 0.6) is 0 Å². The Hall–Kier alpha value is -1.35. The van der Waals surface area contributed by atoms with E-state index < -0.39 is 0 Å². The Morgan fingerprint density at radius 2 is 2.11 bits per heavy atom. The molecule has 2 N–H and O–H groups in total. The fraction of sp³-hybridized carbons (Fsp3) is 0.533. The van der Waals surface area contributed by atoms with Gasteiger partial charge >= 0.3 is 0 Å². The van der Waals surface area contributed by atoms with Gasteiger partial charge in [-0.05, 0) is 32.3 Å². The van der Waals surface area contributed by atoms with Gasteiger partial charge in [-0.2, -0.15) is 0 Å². The van der Waals surface area contributed by atoms with Crippen LogP contribution in [0.3, 0.4) is 0 Å². The van der Waals surface area contributed by atoms with Crippen LogP contribution in [0.1, 0.15) is 31.4 Å². The Morgan fingerprint density at radius 1 is 1.33 bits per heavy atom. The molecule has 1 aromatic rings. The molecule has 3 nitrogen and oxygen atoms in total. The van der Waals surface area contributed by atoms with Crippen molar-refractivity contribution in [3.8, 4) is 0 Å². The zero-order chi connectivity index (χ0) is 13.4. The second kappa shape index (κ2) is 7.88. The fourth-order valence-electron chi connectivity index (χ4n) is 1.91. The molecule has 18 heavy (non-hydrogen) atoms. The van der Waals surface area contributed by atoms with Gasteiger partial charge in [-0.25, -0.2) is 0 Å². The van der Waals surface area contributed by atoms with Crippen molar-refractivity contribution >= 4 is 5.91 Å². The van der Waals surface area contributed by atoms with Crippen molar-refractivity contribution in [1.82, 2.24) is 10.6 Å². The lowest BCUT2D eigenvalue weighted by atomic mass is 10.0. The van der Waals surface area contributed by atoms with Gasteiger partial charge < -0.3 is 10.6 Å². The van der Waals surface area contributed by atoms with Crippen molar-refractivity contribution < 1.29 is 4.79 Å². The molecule has 0 saturated heterocycles. The highest BCUT2D eigenvalue weighted by atomic mass is 16.1. The van der Waals surface area contributed by atoms with Crippen molar-refractivity contribution in [2.45, 2.75) is 39.7 Å². The van der Waals surface area contributed by atoms with E-state index in [1.807, 2.05) is 0 Å². The minimum atomic E-state index is 0.0317. The normalized spacial score (nSPS) is 12.2. The number of amides is 1. The van der Waals surface area contributed by atoms with Crippen LogP contribution in [0.2, 0.25) is 0 Å². The molecule has 3 heteroatoms. The summed E-state index contributed by atoms with van der Waals surface area (Å²) in [5.41, 5.74) is 2.71. The monoisotopic (exact) mass is 248 g/mol. The molecule has 0 spiro atoms. The average Bonchev–Trinajstić information content (AvgIpc) is 2.32. The van der Waals surface area contributed by atoms with E-state index >= 15 is 0 Å². The molecule has 0 aliphatic carbocycles. The number of rotatable bonds is 7. The summed E-state index contributed by atoms with van der Waals surface area (Å²) >= 11 is 0. The van der Waals surface area contributed by atoms with Gasteiger partial charge in [0.1, 0.15) is 0 Å². The number of carbonyl (C=O) groups is 1. The molecule has 0 heterocycles. The summed E-state index contributed by atoms with van der Waals surface area (Å²) < 4.78 is 0. The largest absolute Gasteiger partial charge is 0.355 e. The van der Waals surface area contributed by atoms with Crippen molar-refractivity contribution in [1.29, 1.82) is 0 Å². The van der Waals surface area contributed by atoms with E-state index in [0.717, 1.165) is 19.4 Å². The summed E-state index contributed by atoms with van der Waals surface area (Å²) in [6.45, 7) is 7.38. The number of benzene rings is 1. The van der Waals surface area contributed by atoms with E-state index in [2.05, 4.69) is 48.7 Å². The Labute approximate surface area is 110 Å². The number of hydrogen-bond acceptors (Lipinski definition) is 2. The van der Waals surface area contributed by atoms with Crippen LogP contribution in [0.25, 0.3) is 0 Å². The summed E-state index contributed by atoms with van der Waals surface area (Å²) in [6.07, 6.45) is 2.21. The molecule has 0 saturated carbocycles. The molecule has 0 bridgehead atoms. The summed E-state index contributed by atoms with van der Waals surface area (Å²) in [5.74, 6) is 0.0317. The minimum absolute atomic E-state index is 0.0317. The zero-order valence-electron chi connectivity index (χ0n) is 11.6. The number of aryl methyl sites for hydroxylation is 2. The van der Waals surface area contributed by atoms with E-state index in [-0.39, 0.29) is 5.91 Å². The number of nitrogens with one attached hydrogen (secondary N) is 2. The Bertz CT molecular complexity index is 377. The van der Waals surface area contributed by atoms with Gasteiger partial charge in [0.25, 0.3) is 0 Å². The van der Waals surface area contributed by atoms with Crippen LogP contribution in [0.4, 0.5) is 0 Å². The van der Waals surface area contributed by atoms with Crippen molar-refractivity contribution in [3.63, 3.8) is 0 Å². The maximum Gasteiger partial charge on any atom is 0.216 e. The molecule has 100 valence electrons. The van der Waals surface area contributed by atoms with Gasteiger partial charge in [-0.15, -0.1) is 0 Å². The van der Waals surface area contributed by atoms with Crippen LogP contribution in [0.15, 0.2) is 24.3 Å². The molecule has 0 fully saturated rings. The van der Waals surface area contributed by atoms with Crippen LogP contribution in [-0.4, -0.2) is 25.0 Å². The summed E-state index contributed by atoms with van der Waals surface area (Å²) in [5, 5.41) is 6.19. The topological polar surface area (TPSA) is 41.1 Å². The lowest BCUT2D eigenvalue weighted by Gasteiger charge is -2.14. The van der Waals surface area contributed by atoms with Crippen molar-refractivity contribution in [2.24, 2.45) is 0 Å². The molecular formula is C15H24N2O. The van der Waals surface area contributed by atoms with Gasteiger partial charge in [0, 0.05) is 26.1 Å². The van der Waals surface area contributed by atoms with Gasteiger partial charge in [-0.1, -0.05) is 29.8 Å². The third-order valence-corrected chi connectivity index (χ3v) is 2.94. The summed E-state index contributed by atoms with van der Waals surface area (Å²) in [7, 11) is 0. The van der Waals surface area contributed by atoms with E-state index in [0.29, 0.717) is 12.6 Å². The molecule has 0 radical (unpaired) electrons. The van der Waals surface area contributed by atoms with E-state index in [1.54, 1.807) is 6.92 Å². The Kier molecular flexibility index (Phi) is 6.44. The van der Waals surface area contributed by atoms with Gasteiger partial charge in [0.2, 0.25) is 5.91 Å². The predicted octanol–water partition coefficient (Wildman–Crippen LogP) is 2.04. The lowest BCUT2D eigenvalue weighted by Crippen LogP contribution is -2.35. The van der Waals surface area contributed by atoms with Gasteiger partial charge in [-0.3, -0.25) is 4.79 Å². The lowest BCUT2D eigenvalue weighted by molar-refractivity contribution is -0.118. The highest BCUT2D eigenvalue weighted by Crippen LogP contribution is 2.07. The van der Waals surface area contributed by atoms with Crippen LogP contribution < -0.4 is 10.6 Å². The van der Waals surface area contributed by atoms with Crippen LogP contribution >= 0.6 is 0 Å². The summed E-state index contributed by atoms with van der Waals surface area (Å²) in [4.78, 5) is 10.7. The van der Waals surface area contributed by atoms with Gasteiger partial charge in [0.15, 0.2) is 0 Å². The highest BCUT2D eigenvalue weighted by molar-refractivity contribution is 5.72. The smallest absolute Gasteiger partial charge is 0.216 e. The highest BCUT2D eigenvalue weighted by Gasteiger charge is 2.02. The van der Waals surface area contributed by atoms with E-state index in [1.165, 1.54) is 11.1 Å². The molecule has 1 unspecified atom stereocenters. The third-order valence-electron chi connectivity index (χ3n) is 2.94. The first-order chi connectivity index (χ1) is 8.58. The quantitative estimate of drug-likeness (QED) is 0.725. The second-order valence-corrected chi connectivity index (χ2v) is 4.87. The summed E-state index contributed by atoms with van der Waals surface area (Å²) in [6, 6.07) is 9.12. The molecular weight excluding hydrogens is 224 g/mol. The maximum absolute atomic E-state index is 10.7. The Morgan fingerprint density at radius 3 is 2.78 bits per heavy atom. The molecule has 1 aromatic carbocycles. The predicted molar refractivity (Wildman–Crippen MR) is 75.6 cm³/mol. The van der Waals surface area contributed by atoms with Crippen molar-refractivity contribution in [3.05, 3.63) is 35.4 Å². The number of hydrogen-bond donors (Lipinski definition) is 2. The maximum atomic E-state index is 10.7. The standard InChI is InChI=1S/C15H24N2O/c1-12-5-4-6-15(11-12)8-7-13(2)16-9-10-17-14(3)18/h4-6,11,13,16H,7-10H2,1-3H3,(H,17,18). The molecule has 1 amide bonds. The molecule has 0 aliphatic rings. The van der Waals surface area contributed by atoms with E-state index in [9.17, 15) is 4.79 Å². The third kappa shape index (κ3) is 6.40. The van der Waals surface area contributed by atoms with Gasteiger partial charge in [0.05, 0.1) is 0 Å². The SMILES string of the molecule is CC(=O)NCCNC(C)CCc1cccc(C)c1. The number of carbonyl (C=O) groups excluding carboxylic acids is 1. The average molecular weight is 248 g/mol. The van der Waals surface area contributed by atoms with E-state index in [4.69, 9.17) is 0 Å². The molecule has 0 aromatic heterocycles. The second-order valence-electron chi connectivity index (χ2n) is 4.87. The first kappa shape index (κ1) is 14.7. The minimum Gasteiger partial charge on any atom is -0.355 e. The molecule has 0 aliphatic heterocycles. The molecule has 1 atom stereocenters. The fourth-order valence-corrected chi connectivity index (χ4v) is 1.91.